The van der Waals surface area contributed by atoms with Gasteiger partial charge in [-0.05, 0) is 11.8 Å². The molecule has 0 aromatic heterocycles. The third kappa shape index (κ3) is 1.49. The molecule has 0 saturated carbocycles. The second-order valence-electron chi connectivity index (χ2n) is 4.81. The van der Waals surface area contributed by atoms with Gasteiger partial charge in [0.1, 0.15) is 5.54 Å². The summed E-state index contributed by atoms with van der Waals surface area (Å²) in [6.45, 7) is 7.90. The van der Waals surface area contributed by atoms with Crippen LogP contribution in [0.2, 0.25) is 0 Å². The Labute approximate surface area is 84.4 Å². The fourth-order valence-corrected chi connectivity index (χ4v) is 1.95. The van der Waals surface area contributed by atoms with Crippen molar-refractivity contribution in [2.24, 2.45) is 5.41 Å². The number of rotatable bonds is 2. The lowest BCUT2D eigenvalue weighted by Gasteiger charge is -2.38. The van der Waals surface area contributed by atoms with E-state index in [2.05, 4.69) is 10.6 Å². The van der Waals surface area contributed by atoms with Crippen LogP contribution >= 0.6 is 0 Å². The third-order valence-electron chi connectivity index (χ3n) is 2.85. The lowest BCUT2D eigenvalue weighted by Crippen LogP contribution is -2.56. The Morgan fingerprint density at radius 1 is 1.29 bits per heavy atom. The van der Waals surface area contributed by atoms with Gasteiger partial charge in [-0.15, -0.1) is 0 Å². The van der Waals surface area contributed by atoms with E-state index in [-0.39, 0.29) is 17.4 Å². The molecule has 3 amide bonds. The van der Waals surface area contributed by atoms with Crippen LogP contribution < -0.4 is 10.6 Å². The van der Waals surface area contributed by atoms with E-state index < -0.39 is 5.54 Å². The summed E-state index contributed by atoms with van der Waals surface area (Å²) in [6.07, 6.45) is 1.54. The lowest BCUT2D eigenvalue weighted by molar-refractivity contribution is -0.128. The van der Waals surface area contributed by atoms with Crippen molar-refractivity contribution in [3.05, 3.63) is 0 Å². The molecule has 1 aliphatic heterocycles. The molecular weight excluding hydrogens is 180 g/mol. The molecule has 4 nitrogen and oxygen atoms in total. The first-order valence-electron chi connectivity index (χ1n) is 4.97. The number of nitrogens with one attached hydrogen (secondary N) is 2. The predicted molar refractivity (Wildman–Crippen MR) is 53.8 cm³/mol. The van der Waals surface area contributed by atoms with Gasteiger partial charge in [0.05, 0.1) is 0 Å². The van der Waals surface area contributed by atoms with E-state index in [9.17, 15) is 9.59 Å². The molecule has 0 spiro atoms. The molecule has 0 bridgehead atoms. The Hall–Kier alpha value is -1.06. The minimum Gasteiger partial charge on any atom is -0.323 e. The molecule has 0 aliphatic carbocycles. The Morgan fingerprint density at radius 3 is 2.14 bits per heavy atom. The van der Waals surface area contributed by atoms with Crippen LogP contribution in [-0.2, 0) is 4.79 Å². The smallest absolute Gasteiger partial charge is 0.322 e. The van der Waals surface area contributed by atoms with Crippen molar-refractivity contribution in [3.8, 4) is 0 Å². The number of amides is 3. The van der Waals surface area contributed by atoms with Crippen LogP contribution in [0.25, 0.3) is 0 Å². The number of urea groups is 1. The van der Waals surface area contributed by atoms with Crippen LogP contribution in [0.5, 0.6) is 0 Å². The van der Waals surface area contributed by atoms with Crippen LogP contribution in [0.15, 0.2) is 0 Å². The van der Waals surface area contributed by atoms with Crippen LogP contribution in [0.4, 0.5) is 4.79 Å². The summed E-state index contributed by atoms with van der Waals surface area (Å²) < 4.78 is 0. The zero-order chi connectivity index (χ0) is 11.0. The zero-order valence-corrected chi connectivity index (χ0v) is 9.23. The van der Waals surface area contributed by atoms with Gasteiger partial charge < -0.3 is 5.32 Å². The Morgan fingerprint density at radius 2 is 1.86 bits per heavy atom. The van der Waals surface area contributed by atoms with Crippen LogP contribution in [0.1, 0.15) is 40.5 Å². The molecule has 1 unspecified atom stereocenters. The standard InChI is InChI=1S/C10H18N2O2/c1-5-6-10(9(2,3)4)7(13)11-8(14)12-10/h5-6H2,1-4H3,(H2,11,12,13,14). The van der Waals surface area contributed by atoms with Gasteiger partial charge in [0.25, 0.3) is 5.91 Å². The maximum absolute atomic E-state index is 11.7. The summed E-state index contributed by atoms with van der Waals surface area (Å²) in [6, 6.07) is -0.377. The van der Waals surface area contributed by atoms with Gasteiger partial charge in [-0.2, -0.15) is 0 Å². The molecule has 1 saturated heterocycles. The molecule has 80 valence electrons. The molecule has 0 radical (unpaired) electrons. The van der Waals surface area contributed by atoms with Gasteiger partial charge >= 0.3 is 6.03 Å². The average molecular weight is 198 g/mol. The minimum absolute atomic E-state index is 0.197. The van der Waals surface area contributed by atoms with Gasteiger partial charge in [0, 0.05) is 0 Å². The van der Waals surface area contributed by atoms with E-state index in [0.29, 0.717) is 6.42 Å². The summed E-state index contributed by atoms with van der Waals surface area (Å²) in [4.78, 5) is 22.9. The van der Waals surface area contributed by atoms with Crippen molar-refractivity contribution in [1.82, 2.24) is 10.6 Å². The molecule has 1 rings (SSSR count). The van der Waals surface area contributed by atoms with Gasteiger partial charge in [-0.1, -0.05) is 34.1 Å². The number of hydrogen-bond acceptors (Lipinski definition) is 2. The van der Waals surface area contributed by atoms with Gasteiger partial charge in [0.2, 0.25) is 0 Å². The van der Waals surface area contributed by atoms with E-state index >= 15 is 0 Å². The maximum atomic E-state index is 11.7. The highest BCUT2D eigenvalue weighted by molar-refractivity contribution is 6.07. The largest absolute Gasteiger partial charge is 0.323 e. The summed E-state index contributed by atoms with van der Waals surface area (Å²) in [5.41, 5.74) is -1.00. The number of hydrogen-bond donors (Lipinski definition) is 2. The molecule has 0 aromatic carbocycles. The van der Waals surface area contributed by atoms with E-state index in [1.807, 2.05) is 27.7 Å². The molecule has 4 heteroatoms. The number of imide groups is 1. The van der Waals surface area contributed by atoms with Gasteiger partial charge in [-0.3, -0.25) is 10.1 Å². The fourth-order valence-electron chi connectivity index (χ4n) is 1.95. The summed E-state index contributed by atoms with van der Waals surface area (Å²) >= 11 is 0. The van der Waals surface area contributed by atoms with E-state index in [1.54, 1.807) is 0 Å². The highest BCUT2D eigenvalue weighted by atomic mass is 16.2. The Bertz CT molecular complexity index is 268. The monoisotopic (exact) mass is 198 g/mol. The Balaban J connectivity index is 3.05. The van der Waals surface area contributed by atoms with Crippen LogP contribution in [0, 0.1) is 5.41 Å². The average Bonchev–Trinajstić information content (AvgIpc) is 2.27. The van der Waals surface area contributed by atoms with Crippen molar-refractivity contribution in [1.29, 1.82) is 0 Å². The molecule has 1 fully saturated rings. The minimum atomic E-state index is -0.737. The second-order valence-corrected chi connectivity index (χ2v) is 4.81. The summed E-state index contributed by atoms with van der Waals surface area (Å²) in [7, 11) is 0. The summed E-state index contributed by atoms with van der Waals surface area (Å²) in [5, 5.41) is 5.07. The molecular formula is C10H18N2O2. The van der Waals surface area contributed by atoms with Crippen molar-refractivity contribution in [2.45, 2.75) is 46.1 Å². The molecule has 0 aromatic rings. The van der Waals surface area contributed by atoms with Crippen molar-refractivity contribution in [3.63, 3.8) is 0 Å². The summed E-state index contributed by atoms with van der Waals surface area (Å²) in [5.74, 6) is -0.197. The van der Waals surface area contributed by atoms with Crippen LogP contribution in [-0.4, -0.2) is 17.5 Å². The van der Waals surface area contributed by atoms with Crippen molar-refractivity contribution < 1.29 is 9.59 Å². The van der Waals surface area contributed by atoms with Crippen LogP contribution in [0.3, 0.4) is 0 Å². The topological polar surface area (TPSA) is 58.2 Å². The molecule has 1 aliphatic rings. The molecule has 14 heavy (non-hydrogen) atoms. The normalized spacial score (nSPS) is 27.4. The molecule has 2 N–H and O–H groups in total. The SMILES string of the molecule is CCCC1(C(C)(C)C)NC(=O)NC1=O. The zero-order valence-electron chi connectivity index (χ0n) is 9.23. The van der Waals surface area contributed by atoms with Gasteiger partial charge in [0.15, 0.2) is 0 Å². The predicted octanol–water partition coefficient (Wildman–Crippen LogP) is 1.41. The first-order valence-corrected chi connectivity index (χ1v) is 4.97. The quantitative estimate of drug-likeness (QED) is 0.659. The van der Waals surface area contributed by atoms with E-state index in [0.717, 1.165) is 6.42 Å². The van der Waals surface area contributed by atoms with Crippen molar-refractivity contribution >= 4 is 11.9 Å². The number of carbonyl (C=O) groups excluding carboxylic acids is 2. The lowest BCUT2D eigenvalue weighted by atomic mass is 9.71. The molecule has 1 atom stereocenters. The fraction of sp³-hybridized carbons (Fsp3) is 0.800. The highest BCUT2D eigenvalue weighted by Gasteiger charge is 2.53. The third-order valence-corrected chi connectivity index (χ3v) is 2.85. The van der Waals surface area contributed by atoms with Crippen molar-refractivity contribution in [2.75, 3.05) is 0 Å². The van der Waals surface area contributed by atoms with E-state index in [1.165, 1.54) is 0 Å². The molecule has 1 heterocycles. The first kappa shape index (κ1) is 11.0. The van der Waals surface area contributed by atoms with E-state index in [4.69, 9.17) is 0 Å². The first-order chi connectivity index (χ1) is 6.33. The highest BCUT2D eigenvalue weighted by Crippen LogP contribution is 2.36. The second kappa shape index (κ2) is 3.26. The maximum Gasteiger partial charge on any atom is 0.322 e. The Kier molecular flexibility index (Phi) is 2.56. The number of carbonyl (C=O) groups is 2. The van der Waals surface area contributed by atoms with Gasteiger partial charge in [-0.25, -0.2) is 4.79 Å².